The van der Waals surface area contributed by atoms with Gasteiger partial charge in [0.1, 0.15) is 11.5 Å². The van der Waals surface area contributed by atoms with Crippen LogP contribution in [0.2, 0.25) is 0 Å². The average molecular weight is 256 g/mol. The molecule has 6 N–H and O–H groups in total. The van der Waals surface area contributed by atoms with Crippen molar-refractivity contribution in [3.05, 3.63) is 46.5 Å². The van der Waals surface area contributed by atoms with Crippen LogP contribution >= 0.6 is 0 Å². The second kappa shape index (κ2) is 3.65. The van der Waals surface area contributed by atoms with Crippen LogP contribution in [0.4, 0.5) is 11.4 Å². The van der Waals surface area contributed by atoms with E-state index < -0.39 is 5.78 Å². The van der Waals surface area contributed by atoms with Gasteiger partial charge < -0.3 is 21.7 Å². The maximum atomic E-state index is 12.4. The highest BCUT2D eigenvalue weighted by Crippen LogP contribution is 2.40. The van der Waals surface area contributed by atoms with E-state index in [9.17, 15) is 15.0 Å². The van der Waals surface area contributed by atoms with Crippen LogP contribution in [-0.2, 0) is 6.42 Å². The van der Waals surface area contributed by atoms with Crippen molar-refractivity contribution in [3.63, 3.8) is 0 Å². The van der Waals surface area contributed by atoms with Crippen molar-refractivity contribution in [2.45, 2.75) is 6.42 Å². The van der Waals surface area contributed by atoms with E-state index in [2.05, 4.69) is 0 Å². The fraction of sp³-hybridized carbons (Fsp3) is 0.0714. The molecule has 0 bridgehead atoms. The number of benzene rings is 2. The predicted molar refractivity (Wildman–Crippen MR) is 71.3 cm³/mol. The fourth-order valence-corrected chi connectivity index (χ4v) is 2.50. The third-order valence-electron chi connectivity index (χ3n) is 3.46. The Morgan fingerprint density at radius 3 is 2.21 bits per heavy atom. The molecule has 0 fully saturated rings. The summed E-state index contributed by atoms with van der Waals surface area (Å²) in [5.41, 5.74) is 13.7. The lowest BCUT2D eigenvalue weighted by molar-refractivity contribution is 0.103. The molecule has 3 rings (SSSR count). The first-order valence-electron chi connectivity index (χ1n) is 5.76. The molecular formula is C14H12N2O3. The number of nitrogen functional groups attached to an aromatic ring is 2. The summed E-state index contributed by atoms with van der Waals surface area (Å²) in [7, 11) is 0. The zero-order valence-electron chi connectivity index (χ0n) is 9.97. The van der Waals surface area contributed by atoms with E-state index >= 15 is 0 Å². The number of aromatic hydroxyl groups is 2. The fourth-order valence-electron chi connectivity index (χ4n) is 2.50. The second-order valence-corrected chi connectivity index (χ2v) is 4.56. The Labute approximate surface area is 109 Å². The number of ketones is 1. The third kappa shape index (κ3) is 1.45. The molecule has 5 heteroatoms. The Hall–Kier alpha value is -2.69. The van der Waals surface area contributed by atoms with Crippen LogP contribution in [-0.4, -0.2) is 16.0 Å². The molecule has 19 heavy (non-hydrogen) atoms. The number of fused-ring (bicyclic) bond motifs is 2. The summed E-state index contributed by atoms with van der Waals surface area (Å²) in [5, 5.41) is 19.7. The van der Waals surface area contributed by atoms with Gasteiger partial charge in [0, 0.05) is 23.4 Å². The van der Waals surface area contributed by atoms with Crippen LogP contribution in [0.25, 0.3) is 0 Å². The molecule has 0 aliphatic heterocycles. The molecular weight excluding hydrogens is 244 g/mol. The molecule has 0 atom stereocenters. The topological polar surface area (TPSA) is 110 Å². The SMILES string of the molecule is Nc1ccc(O)c2c1Cc1c(O)ccc(N)c1C2=O. The molecule has 96 valence electrons. The van der Waals surface area contributed by atoms with Gasteiger partial charge in [0.2, 0.25) is 0 Å². The van der Waals surface area contributed by atoms with Crippen LogP contribution in [0.5, 0.6) is 11.5 Å². The van der Waals surface area contributed by atoms with Gasteiger partial charge in [0.25, 0.3) is 0 Å². The number of phenolic OH excluding ortho intramolecular Hbond substituents is 2. The van der Waals surface area contributed by atoms with Crippen molar-refractivity contribution in [2.75, 3.05) is 11.5 Å². The van der Waals surface area contributed by atoms with Gasteiger partial charge in [-0.25, -0.2) is 0 Å². The monoisotopic (exact) mass is 256 g/mol. The molecule has 0 spiro atoms. The van der Waals surface area contributed by atoms with E-state index in [1.54, 1.807) is 0 Å². The van der Waals surface area contributed by atoms with Crippen LogP contribution in [0.1, 0.15) is 27.0 Å². The summed E-state index contributed by atoms with van der Waals surface area (Å²) in [4.78, 5) is 12.4. The summed E-state index contributed by atoms with van der Waals surface area (Å²) in [5.74, 6) is -0.525. The van der Waals surface area contributed by atoms with Gasteiger partial charge in [0.15, 0.2) is 5.78 Å². The molecule has 0 unspecified atom stereocenters. The maximum Gasteiger partial charge on any atom is 0.199 e. The minimum absolute atomic E-state index is 0.00550. The third-order valence-corrected chi connectivity index (χ3v) is 3.46. The van der Waals surface area contributed by atoms with Crippen molar-refractivity contribution >= 4 is 17.2 Å². The summed E-state index contributed by atoms with van der Waals surface area (Å²) in [6.07, 6.45) is 0.271. The normalized spacial score (nSPS) is 12.9. The lowest BCUT2D eigenvalue weighted by Crippen LogP contribution is -2.18. The van der Waals surface area contributed by atoms with Gasteiger partial charge in [-0.15, -0.1) is 0 Å². The van der Waals surface area contributed by atoms with Gasteiger partial charge in [-0.1, -0.05) is 0 Å². The van der Waals surface area contributed by atoms with Gasteiger partial charge in [0.05, 0.1) is 11.1 Å². The zero-order chi connectivity index (χ0) is 13.7. The number of nitrogens with two attached hydrogens (primary N) is 2. The lowest BCUT2D eigenvalue weighted by Gasteiger charge is -2.22. The van der Waals surface area contributed by atoms with Crippen molar-refractivity contribution in [2.24, 2.45) is 0 Å². The summed E-state index contributed by atoms with van der Waals surface area (Å²) >= 11 is 0. The summed E-state index contributed by atoms with van der Waals surface area (Å²) < 4.78 is 0. The van der Waals surface area contributed by atoms with Gasteiger partial charge in [-0.3, -0.25) is 4.79 Å². The minimum atomic E-state index is -0.408. The molecule has 0 saturated heterocycles. The molecule has 2 aromatic rings. The van der Waals surface area contributed by atoms with E-state index in [4.69, 9.17) is 11.5 Å². The van der Waals surface area contributed by atoms with E-state index in [-0.39, 0.29) is 34.7 Å². The molecule has 5 nitrogen and oxygen atoms in total. The zero-order valence-corrected chi connectivity index (χ0v) is 9.97. The van der Waals surface area contributed by atoms with Crippen molar-refractivity contribution < 1.29 is 15.0 Å². The highest BCUT2D eigenvalue weighted by molar-refractivity contribution is 6.17. The Bertz CT molecular complexity index is 664. The maximum absolute atomic E-state index is 12.4. The minimum Gasteiger partial charge on any atom is -0.508 e. The van der Waals surface area contributed by atoms with Crippen LogP contribution in [0.15, 0.2) is 24.3 Å². The Kier molecular flexibility index (Phi) is 2.19. The largest absolute Gasteiger partial charge is 0.508 e. The van der Waals surface area contributed by atoms with Crippen LogP contribution in [0.3, 0.4) is 0 Å². The number of hydrogen-bond acceptors (Lipinski definition) is 5. The number of rotatable bonds is 0. The first kappa shape index (κ1) is 11.4. The molecule has 2 aromatic carbocycles. The van der Waals surface area contributed by atoms with Crippen molar-refractivity contribution in [3.8, 4) is 11.5 Å². The molecule has 1 aliphatic carbocycles. The quantitative estimate of drug-likeness (QED) is 0.359. The first-order valence-corrected chi connectivity index (χ1v) is 5.76. The van der Waals surface area contributed by atoms with Gasteiger partial charge in [-0.05, 0) is 29.8 Å². The molecule has 0 heterocycles. The molecule has 0 aromatic heterocycles. The van der Waals surface area contributed by atoms with E-state index in [1.165, 1.54) is 24.3 Å². The standard InChI is InChI=1S/C14H12N2O3/c15-8-1-4-11(18)13-6(8)5-7-10(17)3-2-9(16)12(7)14(13)19/h1-4,17-18H,5,15-16H2. The second-order valence-electron chi connectivity index (χ2n) is 4.56. The van der Waals surface area contributed by atoms with Crippen molar-refractivity contribution in [1.82, 2.24) is 0 Å². The number of phenols is 2. The smallest absolute Gasteiger partial charge is 0.199 e. The average Bonchev–Trinajstić information content (AvgIpc) is 2.38. The summed E-state index contributed by atoms with van der Waals surface area (Å²) in [6.45, 7) is 0. The Morgan fingerprint density at radius 2 is 1.47 bits per heavy atom. The molecule has 0 amide bonds. The summed E-state index contributed by atoms with van der Waals surface area (Å²) in [6, 6.07) is 5.84. The van der Waals surface area contributed by atoms with Crippen LogP contribution < -0.4 is 11.5 Å². The highest BCUT2D eigenvalue weighted by Gasteiger charge is 2.31. The number of carbonyl (C=O) groups is 1. The van der Waals surface area contributed by atoms with Crippen molar-refractivity contribution in [1.29, 1.82) is 0 Å². The van der Waals surface area contributed by atoms with E-state index in [0.29, 0.717) is 16.8 Å². The van der Waals surface area contributed by atoms with Gasteiger partial charge in [-0.2, -0.15) is 0 Å². The number of anilines is 2. The number of hydrogen-bond donors (Lipinski definition) is 4. The number of carbonyl (C=O) groups excluding carboxylic acids is 1. The first-order chi connectivity index (χ1) is 9.00. The Morgan fingerprint density at radius 1 is 0.842 bits per heavy atom. The van der Waals surface area contributed by atoms with E-state index in [0.717, 1.165) is 0 Å². The molecule has 0 radical (unpaired) electrons. The molecule has 0 saturated carbocycles. The highest BCUT2D eigenvalue weighted by atomic mass is 16.3. The van der Waals surface area contributed by atoms with E-state index in [1.807, 2.05) is 0 Å². The van der Waals surface area contributed by atoms with Crippen LogP contribution in [0, 0.1) is 0 Å². The lowest BCUT2D eigenvalue weighted by atomic mass is 9.82. The predicted octanol–water partition coefficient (Wildman–Crippen LogP) is 1.40. The molecule has 1 aliphatic rings. The van der Waals surface area contributed by atoms with Gasteiger partial charge >= 0.3 is 0 Å². The Balaban J connectivity index is 2.35.